The molecule has 1 saturated heterocycles. The molecule has 3 N–H and O–H groups in total. The van der Waals surface area contributed by atoms with E-state index in [2.05, 4.69) is 27.6 Å². The molecular formula is C45H42BClN6O5. The zero-order valence-electron chi connectivity index (χ0n) is 32.2. The second-order valence-electron chi connectivity index (χ2n) is 14.7. The lowest BCUT2D eigenvalue weighted by atomic mass is 9.75. The average molecular weight is 793 g/mol. The molecule has 292 valence electrons. The van der Waals surface area contributed by atoms with Crippen LogP contribution in [-0.4, -0.2) is 74.6 Å². The number of hydrogen-bond donors (Lipinski definition) is 3. The van der Waals surface area contributed by atoms with Crippen LogP contribution in [0.15, 0.2) is 120 Å². The molecule has 2 amide bonds. The maximum Gasteiger partial charge on any atom is 0.489 e. The molecular weight excluding hydrogens is 751 g/mol. The third kappa shape index (κ3) is 8.04. The van der Waals surface area contributed by atoms with E-state index in [1.165, 1.54) is 5.56 Å². The van der Waals surface area contributed by atoms with Gasteiger partial charge in [0.15, 0.2) is 5.82 Å². The van der Waals surface area contributed by atoms with Gasteiger partial charge in [-0.05, 0) is 95.9 Å². The van der Waals surface area contributed by atoms with Crippen LogP contribution in [0.4, 0.5) is 0 Å². The molecule has 2 aliphatic rings. The van der Waals surface area contributed by atoms with Crippen LogP contribution in [-0.2, 0) is 11.3 Å². The highest BCUT2D eigenvalue weighted by molar-refractivity contribution is 6.60. The Bertz CT molecular complexity index is 2510. The fourth-order valence-corrected chi connectivity index (χ4v) is 8.11. The first-order valence-corrected chi connectivity index (χ1v) is 19.7. The van der Waals surface area contributed by atoms with Crippen molar-refractivity contribution in [2.24, 2.45) is 4.99 Å². The minimum Gasteiger partial charge on any atom is -0.497 e. The summed E-state index contributed by atoms with van der Waals surface area (Å²) >= 11 is 6.25. The monoisotopic (exact) mass is 792 g/mol. The SMILES string of the molecule is COc1ccc2c(c1)C(c1ccc(Cl)cc1)=N[C@@H](CC(=O)NCc1cccc(C3CCN(C(=O)c4cccc(-c5ccccc5B(O)O)c4)CC3)c1)c1nnc(C)n1-2. The summed E-state index contributed by atoms with van der Waals surface area (Å²) in [4.78, 5) is 34.4. The summed E-state index contributed by atoms with van der Waals surface area (Å²) in [5.41, 5.74) is 7.77. The molecule has 0 aliphatic carbocycles. The van der Waals surface area contributed by atoms with E-state index < -0.39 is 13.2 Å². The number of nitrogens with one attached hydrogen (secondary N) is 1. The number of nitrogens with zero attached hydrogens (tertiary/aromatic N) is 5. The molecule has 6 aromatic rings. The molecule has 58 heavy (non-hydrogen) atoms. The number of benzene rings is 5. The zero-order chi connectivity index (χ0) is 40.3. The smallest absolute Gasteiger partial charge is 0.489 e. The van der Waals surface area contributed by atoms with Crippen LogP contribution >= 0.6 is 11.6 Å². The Balaban J connectivity index is 0.933. The van der Waals surface area contributed by atoms with Crippen LogP contribution in [0.2, 0.25) is 5.02 Å². The molecule has 1 atom stereocenters. The van der Waals surface area contributed by atoms with Gasteiger partial charge in [0.2, 0.25) is 5.91 Å². The third-order valence-corrected chi connectivity index (χ3v) is 11.2. The van der Waals surface area contributed by atoms with E-state index in [0.717, 1.165) is 40.8 Å². The van der Waals surface area contributed by atoms with Crippen LogP contribution in [0.3, 0.4) is 0 Å². The van der Waals surface area contributed by atoms with Gasteiger partial charge in [-0.25, -0.2) is 0 Å². The zero-order valence-corrected chi connectivity index (χ0v) is 32.9. The number of aromatic nitrogens is 3. The van der Waals surface area contributed by atoms with Gasteiger partial charge in [0.05, 0.1) is 24.9 Å². The van der Waals surface area contributed by atoms with Crippen molar-refractivity contribution in [1.82, 2.24) is 25.0 Å². The Labute approximate surface area is 342 Å². The van der Waals surface area contributed by atoms with Gasteiger partial charge in [-0.3, -0.25) is 19.1 Å². The Kier molecular flexibility index (Phi) is 11.2. The predicted molar refractivity (Wildman–Crippen MR) is 225 cm³/mol. The van der Waals surface area contributed by atoms with Crippen molar-refractivity contribution >= 4 is 41.7 Å². The molecule has 0 spiro atoms. The number of carbonyl (C=O) groups is 2. The van der Waals surface area contributed by atoms with E-state index in [1.807, 2.05) is 101 Å². The van der Waals surface area contributed by atoms with Gasteiger partial charge in [0.1, 0.15) is 17.6 Å². The summed E-state index contributed by atoms with van der Waals surface area (Å²) in [7, 11) is 0.0118. The van der Waals surface area contributed by atoms with Crippen LogP contribution in [0.1, 0.15) is 75.5 Å². The molecule has 8 rings (SSSR count). The third-order valence-electron chi connectivity index (χ3n) is 11.0. The number of amides is 2. The quantitative estimate of drug-likeness (QED) is 0.140. The number of aryl methyl sites for hydroxylation is 1. The van der Waals surface area contributed by atoms with Crippen LogP contribution in [0.25, 0.3) is 16.8 Å². The van der Waals surface area contributed by atoms with Crippen LogP contribution in [0, 0.1) is 6.92 Å². The van der Waals surface area contributed by atoms with Crippen molar-refractivity contribution in [3.05, 3.63) is 160 Å². The predicted octanol–water partition coefficient (Wildman–Crippen LogP) is 6.20. The Morgan fingerprint density at radius 3 is 2.41 bits per heavy atom. The summed E-state index contributed by atoms with van der Waals surface area (Å²) in [6.07, 6.45) is 1.68. The number of halogens is 1. The molecule has 3 heterocycles. The first-order chi connectivity index (χ1) is 28.2. The van der Waals surface area contributed by atoms with Crippen LogP contribution in [0.5, 0.6) is 5.75 Å². The van der Waals surface area contributed by atoms with E-state index in [4.69, 9.17) is 21.3 Å². The van der Waals surface area contributed by atoms with Gasteiger partial charge in [-0.15, -0.1) is 10.2 Å². The number of methoxy groups -OCH3 is 1. The molecule has 0 bridgehead atoms. The molecule has 2 aliphatic heterocycles. The Morgan fingerprint density at radius 1 is 0.862 bits per heavy atom. The largest absolute Gasteiger partial charge is 0.497 e. The van der Waals surface area contributed by atoms with Gasteiger partial charge < -0.3 is 25.0 Å². The number of piperidine rings is 1. The van der Waals surface area contributed by atoms with E-state index >= 15 is 0 Å². The minimum absolute atomic E-state index is 0.0471. The molecule has 0 saturated carbocycles. The summed E-state index contributed by atoms with van der Waals surface area (Å²) < 4.78 is 7.55. The van der Waals surface area contributed by atoms with Crippen molar-refractivity contribution in [1.29, 1.82) is 0 Å². The fourth-order valence-electron chi connectivity index (χ4n) is 7.99. The highest BCUT2D eigenvalue weighted by Gasteiger charge is 2.31. The Morgan fingerprint density at radius 2 is 1.64 bits per heavy atom. The van der Waals surface area contributed by atoms with Crippen molar-refractivity contribution in [2.45, 2.75) is 44.7 Å². The number of aliphatic imine (C=N–C) groups is 1. The molecule has 13 heteroatoms. The van der Waals surface area contributed by atoms with Gasteiger partial charge in [-0.1, -0.05) is 84.4 Å². The molecule has 0 unspecified atom stereocenters. The first-order valence-electron chi connectivity index (χ1n) is 19.3. The number of ether oxygens (including phenoxy) is 1. The van der Waals surface area contributed by atoms with E-state index in [1.54, 1.807) is 25.3 Å². The number of hydrogen-bond acceptors (Lipinski definition) is 8. The molecule has 5 aromatic carbocycles. The van der Waals surface area contributed by atoms with Crippen molar-refractivity contribution in [2.75, 3.05) is 20.2 Å². The Hall–Kier alpha value is -6.08. The second-order valence-corrected chi connectivity index (χ2v) is 15.1. The topological polar surface area (TPSA) is 142 Å². The van der Waals surface area contributed by atoms with Gasteiger partial charge >= 0.3 is 7.12 Å². The maximum atomic E-state index is 13.7. The van der Waals surface area contributed by atoms with E-state index in [-0.39, 0.29) is 24.2 Å². The highest BCUT2D eigenvalue weighted by atomic mass is 35.5. The second kappa shape index (κ2) is 16.8. The van der Waals surface area contributed by atoms with E-state index in [9.17, 15) is 19.6 Å². The van der Waals surface area contributed by atoms with Crippen LogP contribution < -0.4 is 15.5 Å². The number of rotatable bonds is 10. The lowest BCUT2D eigenvalue weighted by molar-refractivity contribution is -0.121. The van der Waals surface area contributed by atoms with Crippen molar-refractivity contribution in [3.8, 4) is 22.6 Å². The fraction of sp³-hybridized carbons (Fsp3) is 0.222. The van der Waals surface area contributed by atoms with Gasteiger partial charge in [0, 0.05) is 41.3 Å². The summed E-state index contributed by atoms with van der Waals surface area (Å²) in [6, 6.07) is 35.3. The summed E-state index contributed by atoms with van der Waals surface area (Å²) in [5.74, 6) is 1.99. The summed E-state index contributed by atoms with van der Waals surface area (Å²) in [6.45, 7) is 3.46. The summed E-state index contributed by atoms with van der Waals surface area (Å²) in [5, 5.41) is 32.4. The maximum absolute atomic E-state index is 13.7. The number of likely N-dealkylation sites (tertiary alicyclic amines) is 1. The standard InChI is InChI=1S/C45H42BClN6O5/c1-28-50-51-44-40(49-43(31-13-15-35(47)16-14-31)38-25-36(58-2)17-18-41(38)53(28)44)26-42(54)48-27-29-7-5-8-32(23-29)30-19-21-52(22-20-30)45(55)34-10-6-9-33(24-34)37-11-3-4-12-39(37)46(56)57/h3-18,23-25,30,40,56-57H,19-22,26-27H2,1-2H3,(H,48,54)/t40-/m0/s1. The van der Waals surface area contributed by atoms with E-state index in [0.29, 0.717) is 64.4 Å². The molecule has 1 aromatic heterocycles. The average Bonchev–Trinajstić information content (AvgIpc) is 3.58. The number of carbonyl (C=O) groups excluding carboxylic acids is 2. The van der Waals surface area contributed by atoms with Gasteiger partial charge in [0.25, 0.3) is 5.91 Å². The van der Waals surface area contributed by atoms with Crippen molar-refractivity contribution < 1.29 is 24.4 Å². The highest BCUT2D eigenvalue weighted by Crippen LogP contribution is 2.35. The first kappa shape index (κ1) is 38.8. The normalized spacial score (nSPS) is 15.2. The minimum atomic E-state index is -1.61. The lowest BCUT2D eigenvalue weighted by Gasteiger charge is -2.32. The van der Waals surface area contributed by atoms with Crippen molar-refractivity contribution in [3.63, 3.8) is 0 Å². The lowest BCUT2D eigenvalue weighted by Crippen LogP contribution is -2.38. The molecule has 11 nitrogen and oxygen atoms in total. The van der Waals surface area contributed by atoms with Gasteiger partial charge in [-0.2, -0.15) is 0 Å². The molecule has 1 fully saturated rings. The number of fused-ring (bicyclic) bond motifs is 3. The molecule has 0 radical (unpaired) electrons.